The van der Waals surface area contributed by atoms with E-state index in [0.29, 0.717) is 39.6 Å². The van der Waals surface area contributed by atoms with E-state index < -0.39 is 5.97 Å². The number of hydrogen-bond acceptors (Lipinski definition) is 6. The highest BCUT2D eigenvalue weighted by atomic mass is 16.6. The minimum atomic E-state index is -0.854. The van der Waals surface area contributed by atoms with Gasteiger partial charge in [0.25, 0.3) is 0 Å². The summed E-state index contributed by atoms with van der Waals surface area (Å²) in [5, 5.41) is 8.32. The van der Waals surface area contributed by atoms with Gasteiger partial charge in [-0.1, -0.05) is 12.2 Å². The van der Waals surface area contributed by atoms with E-state index in [4.69, 9.17) is 24.1 Å². The van der Waals surface area contributed by atoms with Gasteiger partial charge in [0, 0.05) is 20.2 Å². The van der Waals surface area contributed by atoms with Crippen molar-refractivity contribution in [1.82, 2.24) is 4.90 Å². The molecule has 0 saturated carbocycles. The molecule has 0 spiro atoms. The Morgan fingerprint density at radius 1 is 1.00 bits per heavy atom. The minimum absolute atomic E-state index is 0.0279. The van der Waals surface area contributed by atoms with Crippen LogP contribution >= 0.6 is 0 Å². The number of carboxylic acid groups (broad SMARTS) is 1. The number of carbonyl (C=O) groups is 1. The lowest BCUT2D eigenvalue weighted by atomic mass is 10.3. The molecule has 0 aromatic heterocycles. The molecule has 0 bridgehead atoms. The Labute approximate surface area is 144 Å². The first kappa shape index (κ1) is 22.6. The highest BCUT2D eigenvalue weighted by Gasteiger charge is 1.96. The molecule has 0 saturated heterocycles. The van der Waals surface area contributed by atoms with E-state index in [0.717, 1.165) is 13.1 Å². The lowest BCUT2D eigenvalue weighted by Gasteiger charge is -2.16. The maximum Gasteiger partial charge on any atom is 0.305 e. The van der Waals surface area contributed by atoms with Crippen LogP contribution in [0.1, 0.15) is 13.3 Å². The lowest BCUT2D eigenvalue weighted by molar-refractivity contribution is -0.138. The van der Waals surface area contributed by atoms with Gasteiger partial charge in [0.15, 0.2) is 0 Å². The van der Waals surface area contributed by atoms with Crippen LogP contribution in [0.4, 0.5) is 0 Å². The van der Waals surface area contributed by atoms with Crippen LogP contribution in [0.2, 0.25) is 0 Å². The zero-order valence-corrected chi connectivity index (χ0v) is 14.8. The third kappa shape index (κ3) is 17.0. The summed E-state index contributed by atoms with van der Waals surface area (Å²) < 4.78 is 20.2. The largest absolute Gasteiger partial charge is 0.481 e. The van der Waals surface area contributed by atoms with Crippen molar-refractivity contribution in [2.45, 2.75) is 13.3 Å². The summed E-state index contributed by atoms with van der Waals surface area (Å²) in [5.74, 6) is -0.854. The van der Waals surface area contributed by atoms with E-state index in [9.17, 15) is 4.79 Å². The number of nitrogens with zero attached hydrogens (tertiary/aromatic N) is 1. The van der Waals surface area contributed by atoms with E-state index in [-0.39, 0.29) is 13.0 Å². The van der Waals surface area contributed by atoms with Crippen LogP contribution in [-0.4, -0.2) is 82.4 Å². The molecule has 0 aromatic carbocycles. The Hall–Kier alpha value is -1.41. The van der Waals surface area contributed by atoms with E-state index in [1.807, 2.05) is 0 Å². The number of likely N-dealkylation sites (N-methyl/N-ethyl adjacent to an activating group) is 1. The Morgan fingerprint density at radius 3 is 2.00 bits per heavy atom. The molecule has 1 rings (SSSR count). The van der Waals surface area contributed by atoms with Crippen molar-refractivity contribution in [2.75, 3.05) is 66.4 Å². The van der Waals surface area contributed by atoms with E-state index in [1.165, 1.54) is 0 Å². The van der Waals surface area contributed by atoms with E-state index in [1.54, 1.807) is 7.11 Å². The van der Waals surface area contributed by atoms with Gasteiger partial charge in [-0.15, -0.1) is 0 Å². The van der Waals surface area contributed by atoms with Crippen molar-refractivity contribution in [3.63, 3.8) is 0 Å². The van der Waals surface area contributed by atoms with Crippen molar-refractivity contribution in [1.29, 1.82) is 0 Å². The summed E-state index contributed by atoms with van der Waals surface area (Å²) in [6.07, 6.45) is 8.43. The lowest BCUT2D eigenvalue weighted by Crippen LogP contribution is -2.17. The standard InChI is InChI=1S/C10H20O6.C7H11N/c1-13-4-5-15-8-9-16-7-6-14-3-2-10(11)12;1-2-8-6-4-3-5-7-8/h2-9H2,1H3,(H,11,12);3-6H,2,7H2,1H3. The van der Waals surface area contributed by atoms with Crippen LogP contribution in [0.5, 0.6) is 0 Å². The Balaban J connectivity index is 0.000000546. The number of carboxylic acids is 1. The van der Waals surface area contributed by atoms with Gasteiger partial charge < -0.3 is 29.0 Å². The van der Waals surface area contributed by atoms with Gasteiger partial charge in [-0.25, -0.2) is 0 Å². The Bertz CT molecular complexity index is 346. The molecule has 7 nitrogen and oxygen atoms in total. The van der Waals surface area contributed by atoms with Crippen molar-refractivity contribution < 1.29 is 28.8 Å². The second-order valence-electron chi connectivity index (χ2n) is 4.83. The van der Waals surface area contributed by atoms with Crippen molar-refractivity contribution in [2.24, 2.45) is 0 Å². The summed E-state index contributed by atoms with van der Waals surface area (Å²) in [5.41, 5.74) is 0. The second-order valence-corrected chi connectivity index (χ2v) is 4.83. The number of allylic oxidation sites excluding steroid dienone is 2. The fraction of sp³-hybridized carbons (Fsp3) is 0.706. The summed E-state index contributed by atoms with van der Waals surface area (Å²) in [4.78, 5) is 12.4. The molecule has 0 radical (unpaired) electrons. The molecule has 0 aliphatic carbocycles. The normalized spacial score (nSPS) is 12.8. The van der Waals surface area contributed by atoms with Gasteiger partial charge in [0.1, 0.15) is 0 Å². The molecule has 24 heavy (non-hydrogen) atoms. The molecule has 0 atom stereocenters. The van der Waals surface area contributed by atoms with Crippen molar-refractivity contribution in [3.8, 4) is 0 Å². The maximum atomic E-state index is 10.1. The van der Waals surface area contributed by atoms with Gasteiger partial charge in [0.05, 0.1) is 52.7 Å². The number of aliphatic carboxylic acids is 1. The van der Waals surface area contributed by atoms with Gasteiger partial charge >= 0.3 is 5.97 Å². The summed E-state index contributed by atoms with van der Waals surface area (Å²) >= 11 is 0. The molecule has 0 amide bonds. The molecule has 0 unspecified atom stereocenters. The maximum absolute atomic E-state index is 10.1. The molecule has 1 N–H and O–H groups in total. The van der Waals surface area contributed by atoms with Crippen LogP contribution in [0.15, 0.2) is 24.4 Å². The molecular formula is C17H31NO6. The second kappa shape index (κ2) is 17.9. The van der Waals surface area contributed by atoms with Gasteiger partial charge in [-0.05, 0) is 19.2 Å². The molecule has 1 aliphatic heterocycles. The molecule has 140 valence electrons. The minimum Gasteiger partial charge on any atom is -0.481 e. The first-order chi connectivity index (χ1) is 11.7. The highest BCUT2D eigenvalue weighted by Crippen LogP contribution is 1.95. The SMILES string of the molecule is CCN1C=CC=CC1.COCCOCCOCCOCCC(=O)O. The molecule has 1 aliphatic rings. The highest BCUT2D eigenvalue weighted by molar-refractivity contribution is 5.66. The Morgan fingerprint density at radius 2 is 1.58 bits per heavy atom. The quantitative estimate of drug-likeness (QED) is 0.507. The summed E-state index contributed by atoms with van der Waals surface area (Å²) in [6, 6.07) is 0. The zero-order valence-electron chi connectivity index (χ0n) is 14.8. The van der Waals surface area contributed by atoms with Crippen LogP contribution < -0.4 is 0 Å². The molecular weight excluding hydrogens is 314 g/mol. The smallest absolute Gasteiger partial charge is 0.305 e. The molecule has 7 heteroatoms. The number of rotatable bonds is 13. The topological polar surface area (TPSA) is 77.5 Å². The van der Waals surface area contributed by atoms with Crippen LogP contribution in [0, 0.1) is 0 Å². The van der Waals surface area contributed by atoms with Crippen molar-refractivity contribution >= 4 is 5.97 Å². The summed E-state index contributed by atoms with van der Waals surface area (Å²) in [7, 11) is 1.62. The monoisotopic (exact) mass is 345 g/mol. The summed E-state index contributed by atoms with van der Waals surface area (Å²) in [6.45, 7) is 7.61. The predicted molar refractivity (Wildman–Crippen MR) is 92.1 cm³/mol. The van der Waals surface area contributed by atoms with Crippen LogP contribution in [-0.2, 0) is 23.7 Å². The van der Waals surface area contributed by atoms with Gasteiger partial charge in [-0.3, -0.25) is 4.79 Å². The van der Waals surface area contributed by atoms with Crippen LogP contribution in [0.3, 0.4) is 0 Å². The fourth-order valence-electron chi connectivity index (χ4n) is 1.59. The molecule has 0 fully saturated rings. The third-order valence-electron chi connectivity index (χ3n) is 2.93. The molecule has 1 heterocycles. The Kier molecular flexibility index (Phi) is 16.9. The molecule has 0 aromatic rings. The van der Waals surface area contributed by atoms with Gasteiger partial charge in [-0.2, -0.15) is 0 Å². The van der Waals surface area contributed by atoms with Gasteiger partial charge in [0.2, 0.25) is 0 Å². The first-order valence-electron chi connectivity index (χ1n) is 8.22. The first-order valence-corrected chi connectivity index (χ1v) is 8.22. The van der Waals surface area contributed by atoms with E-state index >= 15 is 0 Å². The van der Waals surface area contributed by atoms with E-state index in [2.05, 4.69) is 36.3 Å². The predicted octanol–water partition coefficient (Wildman–Crippen LogP) is 1.55. The number of ether oxygens (including phenoxy) is 4. The average Bonchev–Trinajstić information content (AvgIpc) is 2.60. The number of methoxy groups -OCH3 is 1. The average molecular weight is 345 g/mol. The number of hydrogen-bond donors (Lipinski definition) is 1. The van der Waals surface area contributed by atoms with Crippen molar-refractivity contribution in [3.05, 3.63) is 24.4 Å². The fourth-order valence-corrected chi connectivity index (χ4v) is 1.59. The van der Waals surface area contributed by atoms with Crippen LogP contribution in [0.25, 0.3) is 0 Å². The zero-order chi connectivity index (χ0) is 17.9. The third-order valence-corrected chi connectivity index (χ3v) is 2.93.